The molecule has 0 bridgehead atoms. The molecule has 5 heteroatoms. The van der Waals surface area contributed by atoms with Gasteiger partial charge in [-0.05, 0) is 23.8 Å². The van der Waals surface area contributed by atoms with Crippen LogP contribution in [0.5, 0.6) is 0 Å². The molecule has 2 unspecified atom stereocenters. The summed E-state index contributed by atoms with van der Waals surface area (Å²) in [6, 6.07) is 4.07. The highest BCUT2D eigenvalue weighted by atomic mass is 32.1. The van der Waals surface area contributed by atoms with Gasteiger partial charge < -0.3 is 10.5 Å². The number of amides is 1. The van der Waals surface area contributed by atoms with Gasteiger partial charge in [-0.15, -0.1) is 11.3 Å². The van der Waals surface area contributed by atoms with Gasteiger partial charge in [0.05, 0.1) is 6.10 Å². The van der Waals surface area contributed by atoms with E-state index in [1.807, 2.05) is 11.4 Å². The summed E-state index contributed by atoms with van der Waals surface area (Å²) in [4.78, 5) is 13.1. The van der Waals surface area contributed by atoms with Crippen LogP contribution in [-0.4, -0.2) is 24.2 Å². The molecule has 1 fully saturated rings. The van der Waals surface area contributed by atoms with E-state index >= 15 is 0 Å². The third kappa shape index (κ3) is 3.35. The highest BCUT2D eigenvalue weighted by Gasteiger charge is 2.42. The summed E-state index contributed by atoms with van der Waals surface area (Å²) in [6.45, 7) is 5.50. The molecule has 4 nitrogen and oxygen atoms in total. The van der Waals surface area contributed by atoms with E-state index in [0.717, 1.165) is 0 Å². The van der Waals surface area contributed by atoms with Crippen molar-refractivity contribution in [2.24, 2.45) is 11.7 Å². The third-order valence-electron chi connectivity index (χ3n) is 3.81. The maximum atomic E-state index is 11.9. The molecule has 0 spiro atoms. The van der Waals surface area contributed by atoms with E-state index in [1.54, 1.807) is 11.3 Å². The first-order chi connectivity index (χ1) is 9.03. The number of hydrogen-bond donors (Lipinski definition) is 2. The molecule has 1 aromatic heterocycles. The highest BCUT2D eigenvalue weighted by molar-refractivity contribution is 7.09. The monoisotopic (exact) mass is 282 g/mol. The van der Waals surface area contributed by atoms with Gasteiger partial charge in [0, 0.05) is 24.4 Å². The molecule has 3 N–H and O–H groups in total. The standard InChI is InChI=1S/C14H22N2O2S/c1-10(2)12-8-14(13(15)17,5-6-18-12)16-9-11-4-3-7-19-11/h3-4,7,10,12,16H,5-6,8-9H2,1-2H3,(H2,15,17). The van der Waals surface area contributed by atoms with E-state index < -0.39 is 5.54 Å². The lowest BCUT2D eigenvalue weighted by Crippen LogP contribution is -2.60. The van der Waals surface area contributed by atoms with Crippen molar-refractivity contribution in [1.29, 1.82) is 0 Å². The quantitative estimate of drug-likeness (QED) is 0.867. The Balaban J connectivity index is 2.06. The molecule has 1 aliphatic rings. The second kappa shape index (κ2) is 6.03. The average molecular weight is 282 g/mol. The minimum Gasteiger partial charge on any atom is -0.378 e. The van der Waals surface area contributed by atoms with Gasteiger partial charge in [-0.2, -0.15) is 0 Å². The Hall–Kier alpha value is -0.910. The molecule has 2 atom stereocenters. The van der Waals surface area contributed by atoms with Crippen LogP contribution in [0.2, 0.25) is 0 Å². The van der Waals surface area contributed by atoms with Crippen molar-refractivity contribution in [2.45, 2.75) is 44.9 Å². The molecule has 0 aliphatic carbocycles. The topological polar surface area (TPSA) is 64.3 Å². The van der Waals surface area contributed by atoms with E-state index in [1.165, 1.54) is 4.88 Å². The third-order valence-corrected chi connectivity index (χ3v) is 4.68. The summed E-state index contributed by atoms with van der Waals surface area (Å²) in [5.41, 5.74) is 5.02. The molecule has 2 rings (SSSR count). The van der Waals surface area contributed by atoms with Crippen LogP contribution in [0.25, 0.3) is 0 Å². The van der Waals surface area contributed by atoms with E-state index in [4.69, 9.17) is 10.5 Å². The van der Waals surface area contributed by atoms with Gasteiger partial charge >= 0.3 is 0 Å². The Bertz CT molecular complexity index is 419. The number of nitrogens with two attached hydrogens (primary N) is 1. The summed E-state index contributed by atoms with van der Waals surface area (Å²) >= 11 is 1.68. The van der Waals surface area contributed by atoms with Crippen molar-refractivity contribution in [3.05, 3.63) is 22.4 Å². The maximum absolute atomic E-state index is 11.9. The molecule has 2 heterocycles. The molecule has 0 radical (unpaired) electrons. The Morgan fingerprint density at radius 1 is 1.68 bits per heavy atom. The summed E-state index contributed by atoms with van der Waals surface area (Å²) in [5.74, 6) is 0.126. The number of thiophene rings is 1. The number of primary amides is 1. The number of hydrogen-bond acceptors (Lipinski definition) is 4. The zero-order valence-electron chi connectivity index (χ0n) is 11.5. The van der Waals surface area contributed by atoms with Crippen LogP contribution in [-0.2, 0) is 16.1 Å². The van der Waals surface area contributed by atoms with Crippen LogP contribution in [0.15, 0.2) is 17.5 Å². The van der Waals surface area contributed by atoms with Gasteiger partial charge in [-0.1, -0.05) is 19.9 Å². The van der Waals surface area contributed by atoms with Gasteiger partial charge in [0.1, 0.15) is 5.54 Å². The maximum Gasteiger partial charge on any atom is 0.237 e. The lowest BCUT2D eigenvalue weighted by molar-refractivity contribution is -0.133. The molecule has 19 heavy (non-hydrogen) atoms. The van der Waals surface area contributed by atoms with E-state index in [9.17, 15) is 4.79 Å². The van der Waals surface area contributed by atoms with Crippen molar-refractivity contribution >= 4 is 17.2 Å². The molecule has 1 aromatic rings. The van der Waals surface area contributed by atoms with Gasteiger partial charge in [0.2, 0.25) is 5.91 Å². The lowest BCUT2D eigenvalue weighted by Gasteiger charge is -2.40. The smallest absolute Gasteiger partial charge is 0.237 e. The SMILES string of the molecule is CC(C)C1CC(NCc2cccs2)(C(N)=O)CCO1. The zero-order valence-corrected chi connectivity index (χ0v) is 12.3. The first-order valence-corrected chi connectivity index (χ1v) is 7.60. The van der Waals surface area contributed by atoms with Crippen LogP contribution in [0.3, 0.4) is 0 Å². The van der Waals surface area contributed by atoms with Crippen molar-refractivity contribution in [1.82, 2.24) is 5.32 Å². The average Bonchev–Trinajstić information content (AvgIpc) is 2.89. The summed E-state index contributed by atoms with van der Waals surface area (Å²) in [7, 11) is 0. The van der Waals surface area contributed by atoms with Gasteiger partial charge in [-0.3, -0.25) is 10.1 Å². The second-order valence-corrected chi connectivity index (χ2v) is 6.52. The number of ether oxygens (including phenoxy) is 1. The Morgan fingerprint density at radius 3 is 3.05 bits per heavy atom. The summed E-state index contributed by atoms with van der Waals surface area (Å²) in [6.07, 6.45) is 1.40. The molecular formula is C14H22N2O2S. The largest absolute Gasteiger partial charge is 0.378 e. The number of rotatable bonds is 5. The van der Waals surface area contributed by atoms with Crippen molar-refractivity contribution in [3.8, 4) is 0 Å². The first-order valence-electron chi connectivity index (χ1n) is 6.72. The Labute approximate surface area is 118 Å². The van der Waals surface area contributed by atoms with Crippen LogP contribution < -0.4 is 11.1 Å². The van der Waals surface area contributed by atoms with Crippen molar-refractivity contribution in [3.63, 3.8) is 0 Å². The lowest BCUT2D eigenvalue weighted by atomic mass is 9.82. The molecule has 1 saturated heterocycles. The van der Waals surface area contributed by atoms with Crippen molar-refractivity contribution in [2.75, 3.05) is 6.61 Å². The fraction of sp³-hybridized carbons (Fsp3) is 0.643. The fourth-order valence-electron chi connectivity index (χ4n) is 2.46. The number of carbonyl (C=O) groups excluding carboxylic acids is 1. The van der Waals surface area contributed by atoms with E-state index in [-0.39, 0.29) is 12.0 Å². The summed E-state index contributed by atoms with van der Waals surface area (Å²) < 4.78 is 5.74. The Kier molecular flexibility index (Phi) is 4.60. The number of carbonyl (C=O) groups is 1. The predicted octanol–water partition coefficient (Wildman–Crippen LogP) is 1.90. The van der Waals surface area contributed by atoms with Gasteiger partial charge in [0.15, 0.2) is 0 Å². The normalized spacial score (nSPS) is 27.6. The van der Waals surface area contributed by atoms with Crippen LogP contribution >= 0.6 is 11.3 Å². The summed E-state index contributed by atoms with van der Waals surface area (Å²) in [5, 5.41) is 5.41. The molecule has 1 aliphatic heterocycles. The molecule has 1 amide bonds. The first kappa shape index (κ1) is 14.5. The van der Waals surface area contributed by atoms with E-state index in [2.05, 4.69) is 25.2 Å². The second-order valence-electron chi connectivity index (χ2n) is 5.49. The highest BCUT2D eigenvalue weighted by Crippen LogP contribution is 2.29. The van der Waals surface area contributed by atoms with E-state index in [0.29, 0.717) is 31.9 Å². The molecule has 106 valence electrons. The van der Waals surface area contributed by atoms with Crippen molar-refractivity contribution < 1.29 is 9.53 Å². The zero-order chi connectivity index (χ0) is 13.9. The van der Waals surface area contributed by atoms with Crippen LogP contribution in [0, 0.1) is 5.92 Å². The van der Waals surface area contributed by atoms with Crippen LogP contribution in [0.1, 0.15) is 31.6 Å². The van der Waals surface area contributed by atoms with Gasteiger partial charge in [0.25, 0.3) is 0 Å². The van der Waals surface area contributed by atoms with Gasteiger partial charge in [-0.25, -0.2) is 0 Å². The molecular weight excluding hydrogens is 260 g/mol. The predicted molar refractivity (Wildman–Crippen MR) is 76.9 cm³/mol. The molecule has 0 aromatic carbocycles. The minimum atomic E-state index is -0.628. The fourth-order valence-corrected chi connectivity index (χ4v) is 3.10. The number of nitrogens with one attached hydrogen (secondary N) is 1. The van der Waals surface area contributed by atoms with Crippen LogP contribution in [0.4, 0.5) is 0 Å². The molecule has 0 saturated carbocycles. The Morgan fingerprint density at radius 2 is 2.47 bits per heavy atom. The minimum absolute atomic E-state index is 0.0945.